The molecule has 0 bridgehead atoms. The fraction of sp³-hybridized carbons (Fsp3) is 0.625. The van der Waals surface area contributed by atoms with Gasteiger partial charge in [0.05, 0.1) is 0 Å². The fourth-order valence-electron chi connectivity index (χ4n) is 1.85. The van der Waals surface area contributed by atoms with Crippen LogP contribution < -0.4 is 10.5 Å². The molecular formula is C16H27NO. The molecule has 2 atom stereocenters. The summed E-state index contributed by atoms with van der Waals surface area (Å²) in [6.45, 7) is 11.4. The zero-order chi connectivity index (χ0) is 13.8. The molecule has 18 heavy (non-hydrogen) atoms. The van der Waals surface area contributed by atoms with Crippen LogP contribution in [-0.4, -0.2) is 12.6 Å². The second-order valence-corrected chi connectivity index (χ2v) is 6.09. The number of rotatable bonds is 5. The van der Waals surface area contributed by atoms with E-state index in [-0.39, 0.29) is 11.5 Å². The van der Waals surface area contributed by atoms with Gasteiger partial charge in [0.15, 0.2) is 0 Å². The number of benzene rings is 1. The van der Waals surface area contributed by atoms with Crippen LogP contribution in [0.25, 0.3) is 0 Å². The summed E-state index contributed by atoms with van der Waals surface area (Å²) >= 11 is 0. The van der Waals surface area contributed by atoms with Gasteiger partial charge in [0, 0.05) is 12.0 Å². The van der Waals surface area contributed by atoms with E-state index in [2.05, 4.69) is 58.9 Å². The van der Waals surface area contributed by atoms with Gasteiger partial charge in [-0.15, -0.1) is 0 Å². The lowest BCUT2D eigenvalue weighted by molar-refractivity contribution is 0.0941. The van der Waals surface area contributed by atoms with Crippen LogP contribution in [-0.2, 0) is 0 Å². The van der Waals surface area contributed by atoms with E-state index in [9.17, 15) is 0 Å². The van der Waals surface area contributed by atoms with Gasteiger partial charge in [0.1, 0.15) is 11.9 Å². The molecule has 0 heterocycles. The zero-order valence-electron chi connectivity index (χ0n) is 12.4. The Balaban J connectivity index is 2.74. The van der Waals surface area contributed by atoms with Crippen molar-refractivity contribution in [1.82, 2.24) is 0 Å². The second kappa shape index (κ2) is 6.24. The Morgan fingerprint density at radius 3 is 2.11 bits per heavy atom. The minimum absolute atomic E-state index is 0.0481. The lowest BCUT2D eigenvalue weighted by Gasteiger charge is -2.30. The average molecular weight is 249 g/mol. The second-order valence-electron chi connectivity index (χ2n) is 6.09. The molecule has 2 unspecified atom stereocenters. The van der Waals surface area contributed by atoms with Gasteiger partial charge in [-0.05, 0) is 30.0 Å². The molecule has 2 heteroatoms. The van der Waals surface area contributed by atoms with Gasteiger partial charge < -0.3 is 10.5 Å². The highest BCUT2D eigenvalue weighted by atomic mass is 16.5. The molecule has 1 rings (SSSR count). The quantitative estimate of drug-likeness (QED) is 0.857. The van der Waals surface area contributed by atoms with Crippen molar-refractivity contribution in [3.05, 3.63) is 29.8 Å². The van der Waals surface area contributed by atoms with Crippen molar-refractivity contribution < 1.29 is 4.74 Å². The summed E-state index contributed by atoms with van der Waals surface area (Å²) in [5, 5.41) is 0. The van der Waals surface area contributed by atoms with E-state index in [0.717, 1.165) is 12.2 Å². The van der Waals surface area contributed by atoms with E-state index in [1.165, 1.54) is 5.56 Å². The first-order valence-electron chi connectivity index (χ1n) is 6.85. The lowest BCUT2D eigenvalue weighted by atomic mass is 9.89. The molecule has 1 aromatic rings. The average Bonchev–Trinajstić information content (AvgIpc) is 2.34. The maximum Gasteiger partial charge on any atom is 0.119 e. The third kappa shape index (κ3) is 4.02. The molecule has 0 radical (unpaired) electrons. The standard InChI is InChI=1S/C16H27NO/c1-6-12(2)13-7-9-14(10-8-13)18-15(11-17)16(3,4)5/h7-10,12,15H,6,11,17H2,1-5H3. The largest absolute Gasteiger partial charge is 0.489 e. The molecule has 0 aromatic heterocycles. The fourth-order valence-corrected chi connectivity index (χ4v) is 1.85. The Kier molecular flexibility index (Phi) is 5.21. The molecule has 0 aliphatic rings. The molecule has 0 saturated carbocycles. The maximum absolute atomic E-state index is 5.97. The predicted octanol–water partition coefficient (Wildman–Crippen LogP) is 3.95. The van der Waals surface area contributed by atoms with Gasteiger partial charge in [0.2, 0.25) is 0 Å². The minimum Gasteiger partial charge on any atom is -0.489 e. The Morgan fingerprint density at radius 2 is 1.72 bits per heavy atom. The van der Waals surface area contributed by atoms with Crippen molar-refractivity contribution in [2.45, 2.75) is 53.1 Å². The number of nitrogens with two attached hydrogens (primary N) is 1. The lowest BCUT2D eigenvalue weighted by Crippen LogP contribution is -2.38. The van der Waals surface area contributed by atoms with Crippen LogP contribution in [0.2, 0.25) is 0 Å². The number of hydrogen-bond donors (Lipinski definition) is 1. The molecule has 1 aromatic carbocycles. The SMILES string of the molecule is CCC(C)c1ccc(OC(CN)C(C)(C)C)cc1. The summed E-state index contributed by atoms with van der Waals surface area (Å²) in [6.07, 6.45) is 1.21. The van der Waals surface area contributed by atoms with Crippen LogP contribution in [0.5, 0.6) is 5.75 Å². The molecule has 0 spiro atoms. The molecule has 0 saturated heterocycles. The number of hydrogen-bond acceptors (Lipinski definition) is 2. The molecule has 0 aliphatic carbocycles. The normalized spacial score (nSPS) is 15.2. The van der Waals surface area contributed by atoms with Crippen molar-refractivity contribution in [1.29, 1.82) is 0 Å². The van der Waals surface area contributed by atoms with E-state index in [4.69, 9.17) is 10.5 Å². The van der Waals surface area contributed by atoms with E-state index >= 15 is 0 Å². The van der Waals surface area contributed by atoms with Gasteiger partial charge >= 0.3 is 0 Å². The van der Waals surface area contributed by atoms with Crippen LogP contribution in [0.15, 0.2) is 24.3 Å². The van der Waals surface area contributed by atoms with Crippen molar-refractivity contribution in [3.63, 3.8) is 0 Å². The third-order valence-corrected chi connectivity index (χ3v) is 3.52. The smallest absolute Gasteiger partial charge is 0.119 e. The first kappa shape index (κ1) is 15.0. The molecule has 2 nitrogen and oxygen atoms in total. The molecule has 2 N–H and O–H groups in total. The van der Waals surface area contributed by atoms with E-state index in [1.807, 2.05) is 0 Å². The topological polar surface area (TPSA) is 35.2 Å². The van der Waals surface area contributed by atoms with Crippen molar-refractivity contribution in [2.24, 2.45) is 11.1 Å². The van der Waals surface area contributed by atoms with Crippen LogP contribution in [0, 0.1) is 5.41 Å². The molecule has 102 valence electrons. The van der Waals surface area contributed by atoms with E-state index < -0.39 is 0 Å². The Labute approximate surface area is 112 Å². The Bertz CT molecular complexity index is 350. The van der Waals surface area contributed by atoms with Crippen LogP contribution in [0.3, 0.4) is 0 Å². The Hall–Kier alpha value is -1.02. The van der Waals surface area contributed by atoms with Crippen molar-refractivity contribution in [3.8, 4) is 5.75 Å². The molecule has 0 aliphatic heterocycles. The monoisotopic (exact) mass is 249 g/mol. The summed E-state index contributed by atoms with van der Waals surface area (Å²) in [4.78, 5) is 0. The van der Waals surface area contributed by atoms with E-state index in [1.54, 1.807) is 0 Å². The molecular weight excluding hydrogens is 222 g/mol. The Morgan fingerprint density at radius 1 is 1.17 bits per heavy atom. The number of ether oxygens (including phenoxy) is 1. The summed E-state index contributed by atoms with van der Waals surface area (Å²) < 4.78 is 5.97. The highest BCUT2D eigenvalue weighted by Gasteiger charge is 2.25. The highest BCUT2D eigenvalue weighted by Crippen LogP contribution is 2.26. The van der Waals surface area contributed by atoms with E-state index in [0.29, 0.717) is 12.5 Å². The third-order valence-electron chi connectivity index (χ3n) is 3.52. The zero-order valence-corrected chi connectivity index (χ0v) is 12.4. The molecule has 0 fully saturated rings. The minimum atomic E-state index is 0.0481. The van der Waals surface area contributed by atoms with Gasteiger partial charge in [-0.25, -0.2) is 0 Å². The van der Waals surface area contributed by atoms with Crippen molar-refractivity contribution in [2.75, 3.05) is 6.54 Å². The summed E-state index contributed by atoms with van der Waals surface area (Å²) in [5.74, 6) is 1.51. The van der Waals surface area contributed by atoms with Crippen LogP contribution >= 0.6 is 0 Å². The molecule has 0 amide bonds. The van der Waals surface area contributed by atoms with Crippen LogP contribution in [0.1, 0.15) is 52.5 Å². The van der Waals surface area contributed by atoms with Gasteiger partial charge in [0.25, 0.3) is 0 Å². The summed E-state index contributed by atoms with van der Waals surface area (Å²) in [6, 6.07) is 8.41. The predicted molar refractivity (Wildman–Crippen MR) is 78.1 cm³/mol. The first-order chi connectivity index (χ1) is 8.38. The van der Waals surface area contributed by atoms with Gasteiger partial charge in [-0.2, -0.15) is 0 Å². The van der Waals surface area contributed by atoms with Gasteiger partial charge in [-0.3, -0.25) is 0 Å². The van der Waals surface area contributed by atoms with Crippen LogP contribution in [0.4, 0.5) is 0 Å². The van der Waals surface area contributed by atoms with Crippen molar-refractivity contribution >= 4 is 0 Å². The van der Waals surface area contributed by atoms with Gasteiger partial charge in [-0.1, -0.05) is 46.8 Å². The summed E-state index contributed by atoms with van der Waals surface area (Å²) in [7, 11) is 0. The maximum atomic E-state index is 5.97. The summed E-state index contributed by atoms with van der Waals surface area (Å²) in [5.41, 5.74) is 7.21. The first-order valence-corrected chi connectivity index (χ1v) is 6.85. The highest BCUT2D eigenvalue weighted by molar-refractivity contribution is 5.29.